The van der Waals surface area contributed by atoms with E-state index in [0.717, 1.165) is 5.56 Å². The molecule has 32 heavy (non-hydrogen) atoms. The van der Waals surface area contributed by atoms with Crippen LogP contribution < -0.4 is 15.4 Å². The molecule has 0 aliphatic carbocycles. The fourth-order valence-electron chi connectivity index (χ4n) is 3.70. The van der Waals surface area contributed by atoms with E-state index in [1.54, 1.807) is 44.4 Å². The van der Waals surface area contributed by atoms with Crippen LogP contribution in [0.1, 0.15) is 25.3 Å². The molecule has 2 N–H and O–H groups in total. The monoisotopic (exact) mass is 459 g/mol. The summed E-state index contributed by atoms with van der Waals surface area (Å²) in [5, 5.41) is 5.52. The standard InChI is InChI=1S/C23H29N3O5S/c1-17(22(27)24-15-18-9-6-7-13-21(18)31-2)25-23(28)19-10-8-14-26(16-19)32(29,30)20-11-4-3-5-12-20/h3-7,9,11-13,17,19H,8,10,14-16H2,1-2H3,(H,24,27)(H,25,28)/t17-,19?/m0/s1. The van der Waals surface area contributed by atoms with Gasteiger partial charge in [-0.3, -0.25) is 9.59 Å². The van der Waals surface area contributed by atoms with Crippen LogP contribution in [0.25, 0.3) is 0 Å². The first kappa shape index (κ1) is 23.7. The summed E-state index contributed by atoms with van der Waals surface area (Å²) in [4.78, 5) is 25.4. The van der Waals surface area contributed by atoms with E-state index >= 15 is 0 Å². The number of hydrogen-bond donors (Lipinski definition) is 2. The Balaban J connectivity index is 1.56. The number of rotatable bonds is 8. The third-order valence-electron chi connectivity index (χ3n) is 5.53. The second-order valence-corrected chi connectivity index (χ2v) is 9.71. The summed E-state index contributed by atoms with van der Waals surface area (Å²) in [5.41, 5.74) is 0.830. The van der Waals surface area contributed by atoms with Gasteiger partial charge in [-0.2, -0.15) is 4.31 Å². The van der Waals surface area contributed by atoms with Gasteiger partial charge in [-0.05, 0) is 38.0 Å². The number of sulfonamides is 1. The van der Waals surface area contributed by atoms with Crippen LogP contribution in [0.15, 0.2) is 59.5 Å². The average molecular weight is 460 g/mol. The van der Waals surface area contributed by atoms with Crippen molar-refractivity contribution in [2.45, 2.75) is 37.2 Å². The maximum Gasteiger partial charge on any atom is 0.243 e. The molecule has 1 aliphatic rings. The van der Waals surface area contributed by atoms with Gasteiger partial charge < -0.3 is 15.4 Å². The van der Waals surface area contributed by atoms with Crippen molar-refractivity contribution in [3.63, 3.8) is 0 Å². The van der Waals surface area contributed by atoms with Gasteiger partial charge in [0.15, 0.2) is 0 Å². The average Bonchev–Trinajstić information content (AvgIpc) is 2.83. The van der Waals surface area contributed by atoms with Crippen LogP contribution in [-0.4, -0.2) is 50.8 Å². The number of nitrogens with zero attached hydrogens (tertiary/aromatic N) is 1. The molecule has 1 heterocycles. The lowest BCUT2D eigenvalue weighted by Gasteiger charge is -2.31. The summed E-state index contributed by atoms with van der Waals surface area (Å²) in [6, 6.07) is 14.8. The zero-order valence-electron chi connectivity index (χ0n) is 18.3. The van der Waals surface area contributed by atoms with Gasteiger partial charge in [-0.1, -0.05) is 36.4 Å². The molecule has 1 saturated heterocycles. The van der Waals surface area contributed by atoms with E-state index in [0.29, 0.717) is 25.1 Å². The van der Waals surface area contributed by atoms with Gasteiger partial charge in [0.2, 0.25) is 21.8 Å². The van der Waals surface area contributed by atoms with Gasteiger partial charge in [0.25, 0.3) is 0 Å². The third kappa shape index (κ3) is 5.66. The van der Waals surface area contributed by atoms with Gasteiger partial charge in [0, 0.05) is 25.2 Å². The normalized spacial score (nSPS) is 17.9. The minimum atomic E-state index is -3.66. The van der Waals surface area contributed by atoms with Crippen molar-refractivity contribution in [2.75, 3.05) is 20.2 Å². The summed E-state index contributed by atoms with van der Waals surface area (Å²) in [6.45, 7) is 2.35. The number of amides is 2. The van der Waals surface area contributed by atoms with Gasteiger partial charge in [0.1, 0.15) is 11.8 Å². The molecule has 0 aromatic heterocycles. The van der Waals surface area contributed by atoms with Crippen LogP contribution in [0, 0.1) is 5.92 Å². The maximum absolute atomic E-state index is 12.9. The Hall–Kier alpha value is -2.91. The molecule has 1 fully saturated rings. The molecule has 2 atom stereocenters. The fraction of sp³-hybridized carbons (Fsp3) is 0.391. The van der Waals surface area contributed by atoms with Crippen molar-refractivity contribution in [3.8, 4) is 5.75 Å². The molecule has 8 nitrogen and oxygen atoms in total. The second-order valence-electron chi connectivity index (χ2n) is 7.78. The first-order chi connectivity index (χ1) is 15.3. The molecule has 2 amide bonds. The summed E-state index contributed by atoms with van der Waals surface area (Å²) >= 11 is 0. The highest BCUT2D eigenvalue weighted by molar-refractivity contribution is 7.89. The Morgan fingerprint density at radius 3 is 2.53 bits per heavy atom. The molecule has 9 heteroatoms. The smallest absolute Gasteiger partial charge is 0.243 e. The van der Waals surface area contributed by atoms with Crippen LogP contribution in [0.2, 0.25) is 0 Å². The molecule has 3 rings (SSSR count). The lowest BCUT2D eigenvalue weighted by Crippen LogP contribution is -2.50. The van der Waals surface area contributed by atoms with Crippen molar-refractivity contribution in [1.29, 1.82) is 0 Å². The molecule has 172 valence electrons. The first-order valence-electron chi connectivity index (χ1n) is 10.6. The van der Waals surface area contributed by atoms with Crippen molar-refractivity contribution >= 4 is 21.8 Å². The fourth-order valence-corrected chi connectivity index (χ4v) is 5.24. The zero-order valence-corrected chi connectivity index (χ0v) is 19.1. The van der Waals surface area contributed by atoms with E-state index in [9.17, 15) is 18.0 Å². The highest BCUT2D eigenvalue weighted by Crippen LogP contribution is 2.24. The Kier molecular flexibility index (Phi) is 7.87. The second kappa shape index (κ2) is 10.6. The Bertz CT molecular complexity index is 1040. The quantitative estimate of drug-likeness (QED) is 0.628. The maximum atomic E-state index is 12.9. The highest BCUT2D eigenvalue weighted by Gasteiger charge is 2.34. The van der Waals surface area contributed by atoms with Crippen molar-refractivity contribution in [1.82, 2.24) is 14.9 Å². The predicted octanol–water partition coefficient (Wildman–Crippen LogP) is 1.92. The number of benzene rings is 2. The Morgan fingerprint density at radius 2 is 1.81 bits per heavy atom. The van der Waals surface area contributed by atoms with Gasteiger partial charge >= 0.3 is 0 Å². The summed E-state index contributed by atoms with van der Waals surface area (Å²) < 4.78 is 32.4. The van der Waals surface area contributed by atoms with Crippen LogP contribution >= 0.6 is 0 Å². The topological polar surface area (TPSA) is 105 Å². The molecule has 1 aliphatic heterocycles. The van der Waals surface area contributed by atoms with Crippen LogP contribution in [0.3, 0.4) is 0 Å². The van der Waals surface area contributed by atoms with E-state index in [4.69, 9.17) is 4.74 Å². The molecular weight excluding hydrogens is 430 g/mol. The van der Waals surface area contributed by atoms with Gasteiger partial charge in [-0.25, -0.2) is 8.42 Å². The largest absolute Gasteiger partial charge is 0.496 e. The SMILES string of the molecule is COc1ccccc1CNC(=O)[C@H](C)NC(=O)C1CCCN(S(=O)(=O)c2ccccc2)C1. The number of hydrogen-bond acceptors (Lipinski definition) is 5. The van der Waals surface area contributed by atoms with E-state index < -0.39 is 22.0 Å². The highest BCUT2D eigenvalue weighted by atomic mass is 32.2. The van der Waals surface area contributed by atoms with Crippen molar-refractivity contribution < 1.29 is 22.7 Å². The molecule has 0 spiro atoms. The number of para-hydroxylation sites is 1. The van der Waals surface area contributed by atoms with E-state index in [1.165, 1.54) is 4.31 Å². The lowest BCUT2D eigenvalue weighted by atomic mass is 9.98. The Morgan fingerprint density at radius 1 is 1.12 bits per heavy atom. The van der Waals surface area contributed by atoms with Gasteiger partial charge in [-0.15, -0.1) is 0 Å². The number of piperidine rings is 1. The number of nitrogens with one attached hydrogen (secondary N) is 2. The predicted molar refractivity (Wildman–Crippen MR) is 120 cm³/mol. The third-order valence-corrected chi connectivity index (χ3v) is 7.41. The number of carbonyl (C=O) groups is 2. The molecular formula is C23H29N3O5S. The van der Waals surface area contributed by atoms with Gasteiger partial charge in [0.05, 0.1) is 17.9 Å². The van der Waals surface area contributed by atoms with E-state index in [2.05, 4.69) is 10.6 Å². The van der Waals surface area contributed by atoms with E-state index in [-0.39, 0.29) is 29.8 Å². The molecule has 2 aromatic rings. The number of methoxy groups -OCH3 is 1. The molecule has 1 unspecified atom stereocenters. The summed E-state index contributed by atoms with van der Waals surface area (Å²) in [6.07, 6.45) is 1.15. The number of carbonyl (C=O) groups excluding carboxylic acids is 2. The minimum Gasteiger partial charge on any atom is -0.496 e. The van der Waals surface area contributed by atoms with Crippen molar-refractivity contribution in [2.24, 2.45) is 5.92 Å². The lowest BCUT2D eigenvalue weighted by molar-refractivity contribution is -0.131. The van der Waals surface area contributed by atoms with E-state index in [1.807, 2.05) is 24.3 Å². The number of ether oxygens (including phenoxy) is 1. The van der Waals surface area contributed by atoms with Crippen molar-refractivity contribution in [3.05, 3.63) is 60.2 Å². The molecule has 0 radical (unpaired) electrons. The Labute approximate surface area is 189 Å². The van der Waals surface area contributed by atoms with Crippen LogP contribution in [0.5, 0.6) is 5.75 Å². The summed E-state index contributed by atoms with van der Waals surface area (Å²) in [7, 11) is -2.09. The molecule has 2 aromatic carbocycles. The van der Waals surface area contributed by atoms with Crippen LogP contribution in [0.4, 0.5) is 0 Å². The molecule has 0 saturated carbocycles. The van der Waals surface area contributed by atoms with Crippen LogP contribution in [-0.2, 0) is 26.2 Å². The summed E-state index contributed by atoms with van der Waals surface area (Å²) in [5.74, 6) is -0.482. The zero-order chi connectivity index (χ0) is 23.1. The molecule has 0 bridgehead atoms. The first-order valence-corrected chi connectivity index (χ1v) is 12.0. The minimum absolute atomic E-state index is 0.0958.